The number of hydrogen-bond donors (Lipinski definition) is 2. The molecule has 0 spiro atoms. The Balaban J connectivity index is 1.95. The molecule has 2 rings (SSSR count). The summed E-state index contributed by atoms with van der Waals surface area (Å²) in [5, 5.41) is 12.3. The van der Waals surface area contributed by atoms with Crippen molar-refractivity contribution in [3.05, 3.63) is 53.5 Å². The summed E-state index contributed by atoms with van der Waals surface area (Å²) >= 11 is 0. The molecular weight excluding hydrogens is 268 g/mol. The zero-order valence-electron chi connectivity index (χ0n) is 12.5. The van der Waals surface area contributed by atoms with Gasteiger partial charge in [0.25, 0.3) is 0 Å². The quantitative estimate of drug-likeness (QED) is 0.907. The van der Waals surface area contributed by atoms with E-state index in [4.69, 9.17) is 4.42 Å². The van der Waals surface area contributed by atoms with Crippen LogP contribution in [0.15, 0.2) is 41.0 Å². The van der Waals surface area contributed by atoms with Crippen LogP contribution in [0.25, 0.3) is 0 Å². The molecule has 1 aromatic carbocycles. The third-order valence-electron chi connectivity index (χ3n) is 3.36. The van der Waals surface area contributed by atoms with Crippen molar-refractivity contribution in [2.45, 2.75) is 26.5 Å². The summed E-state index contributed by atoms with van der Waals surface area (Å²) in [5.41, 5.74) is 2.49. The average Bonchev–Trinajstić information content (AvgIpc) is 2.84. The van der Waals surface area contributed by atoms with Crippen LogP contribution in [0.3, 0.4) is 0 Å². The molecule has 2 aromatic rings. The Morgan fingerprint density at radius 1 is 1.33 bits per heavy atom. The van der Waals surface area contributed by atoms with Gasteiger partial charge < -0.3 is 19.7 Å². The molecule has 5 heteroatoms. The number of hydrogen-bond acceptors (Lipinski definition) is 3. The van der Waals surface area contributed by atoms with E-state index < -0.39 is 6.10 Å². The number of rotatable bonds is 4. The summed E-state index contributed by atoms with van der Waals surface area (Å²) in [6.45, 7) is 4.06. The molecule has 0 aliphatic heterocycles. The van der Waals surface area contributed by atoms with Crippen molar-refractivity contribution in [1.29, 1.82) is 0 Å². The fourth-order valence-corrected chi connectivity index (χ4v) is 1.97. The molecule has 5 nitrogen and oxygen atoms in total. The third kappa shape index (κ3) is 3.86. The highest BCUT2D eigenvalue weighted by atomic mass is 16.3. The van der Waals surface area contributed by atoms with Crippen LogP contribution in [0, 0.1) is 6.92 Å². The first kappa shape index (κ1) is 15.1. The van der Waals surface area contributed by atoms with Gasteiger partial charge in [0.05, 0.1) is 18.9 Å². The Morgan fingerprint density at radius 2 is 2.00 bits per heavy atom. The number of benzene rings is 1. The van der Waals surface area contributed by atoms with E-state index >= 15 is 0 Å². The van der Waals surface area contributed by atoms with Crippen LogP contribution < -0.4 is 5.32 Å². The first-order valence-corrected chi connectivity index (χ1v) is 6.80. The molecule has 0 aliphatic carbocycles. The lowest BCUT2D eigenvalue weighted by Crippen LogP contribution is -2.30. The molecule has 2 amide bonds. The first-order chi connectivity index (χ1) is 9.97. The largest absolute Gasteiger partial charge is 0.469 e. The van der Waals surface area contributed by atoms with Crippen LogP contribution in [0.2, 0.25) is 0 Å². The summed E-state index contributed by atoms with van der Waals surface area (Å²) < 4.78 is 5.22. The van der Waals surface area contributed by atoms with Gasteiger partial charge in [0.1, 0.15) is 5.76 Å². The Labute approximate surface area is 124 Å². The molecule has 2 N–H and O–H groups in total. The van der Waals surface area contributed by atoms with Crippen LogP contribution in [-0.4, -0.2) is 23.1 Å². The highest BCUT2D eigenvalue weighted by Gasteiger charge is 2.12. The van der Waals surface area contributed by atoms with E-state index in [2.05, 4.69) is 5.32 Å². The molecule has 0 radical (unpaired) electrons. The number of amides is 2. The van der Waals surface area contributed by atoms with Crippen LogP contribution in [0.4, 0.5) is 10.5 Å². The van der Waals surface area contributed by atoms with Gasteiger partial charge >= 0.3 is 6.03 Å². The second-order valence-electron chi connectivity index (χ2n) is 5.09. The van der Waals surface area contributed by atoms with Gasteiger partial charge in [0.15, 0.2) is 0 Å². The molecule has 0 saturated carbocycles. The molecular formula is C16H20N2O3. The molecule has 21 heavy (non-hydrogen) atoms. The van der Waals surface area contributed by atoms with Crippen LogP contribution in [0.5, 0.6) is 0 Å². The van der Waals surface area contributed by atoms with Crippen molar-refractivity contribution in [2.75, 3.05) is 12.4 Å². The van der Waals surface area contributed by atoms with E-state index in [1.165, 1.54) is 0 Å². The number of carbonyl (C=O) groups is 1. The second kappa shape index (κ2) is 6.45. The first-order valence-electron chi connectivity index (χ1n) is 6.80. The van der Waals surface area contributed by atoms with Gasteiger partial charge in [0, 0.05) is 18.3 Å². The molecule has 1 aromatic heterocycles. The maximum absolute atomic E-state index is 12.1. The molecule has 0 bridgehead atoms. The lowest BCUT2D eigenvalue weighted by Gasteiger charge is -2.18. The fraction of sp³-hybridized carbons (Fsp3) is 0.312. The van der Waals surface area contributed by atoms with E-state index in [-0.39, 0.29) is 6.03 Å². The standard InChI is InChI=1S/C16H20N2O3/c1-11(19)13-4-6-15(7-5-13)17-16(20)18(3)10-14-8-9-21-12(14)2/h4-9,11,19H,10H2,1-3H3,(H,17,20). The van der Waals surface area contributed by atoms with Gasteiger partial charge in [-0.1, -0.05) is 12.1 Å². The number of furan rings is 1. The highest BCUT2D eigenvalue weighted by Crippen LogP contribution is 2.16. The van der Waals surface area contributed by atoms with Crippen molar-refractivity contribution in [3.8, 4) is 0 Å². The van der Waals surface area contributed by atoms with E-state index in [1.54, 1.807) is 49.4 Å². The van der Waals surface area contributed by atoms with Gasteiger partial charge in [-0.25, -0.2) is 4.79 Å². The second-order valence-corrected chi connectivity index (χ2v) is 5.09. The zero-order chi connectivity index (χ0) is 15.4. The van der Waals surface area contributed by atoms with E-state index in [0.717, 1.165) is 16.9 Å². The van der Waals surface area contributed by atoms with E-state index in [9.17, 15) is 9.90 Å². The predicted octanol–water partition coefficient (Wildman–Crippen LogP) is 3.31. The van der Waals surface area contributed by atoms with Crippen molar-refractivity contribution >= 4 is 11.7 Å². The molecule has 1 unspecified atom stereocenters. The smallest absolute Gasteiger partial charge is 0.321 e. The summed E-state index contributed by atoms with van der Waals surface area (Å²) in [5.74, 6) is 0.816. The number of nitrogens with one attached hydrogen (secondary N) is 1. The van der Waals surface area contributed by atoms with Crippen molar-refractivity contribution in [3.63, 3.8) is 0 Å². The number of aliphatic hydroxyl groups excluding tert-OH is 1. The molecule has 1 heterocycles. The number of carbonyl (C=O) groups excluding carboxylic acids is 1. The predicted molar refractivity (Wildman–Crippen MR) is 81.0 cm³/mol. The highest BCUT2D eigenvalue weighted by molar-refractivity contribution is 5.89. The number of aliphatic hydroxyl groups is 1. The minimum atomic E-state index is -0.513. The lowest BCUT2D eigenvalue weighted by molar-refractivity contribution is 0.199. The molecule has 1 atom stereocenters. The monoisotopic (exact) mass is 288 g/mol. The summed E-state index contributed by atoms with van der Waals surface area (Å²) in [6.07, 6.45) is 1.10. The molecule has 0 fully saturated rings. The Kier molecular flexibility index (Phi) is 4.65. The summed E-state index contributed by atoms with van der Waals surface area (Å²) in [7, 11) is 1.73. The maximum atomic E-state index is 12.1. The zero-order valence-corrected chi connectivity index (χ0v) is 12.5. The Bertz CT molecular complexity index is 602. The SMILES string of the molecule is Cc1occc1CN(C)C(=O)Nc1ccc(C(C)O)cc1. The summed E-state index contributed by atoms with van der Waals surface area (Å²) in [6, 6.07) is 8.80. The number of aryl methyl sites for hydroxylation is 1. The van der Waals surface area contributed by atoms with E-state index in [1.807, 2.05) is 13.0 Å². The average molecular weight is 288 g/mol. The van der Waals surface area contributed by atoms with Gasteiger partial charge in [-0.15, -0.1) is 0 Å². The Morgan fingerprint density at radius 3 is 2.52 bits per heavy atom. The summed E-state index contributed by atoms with van der Waals surface area (Å²) in [4.78, 5) is 13.7. The number of urea groups is 1. The Hall–Kier alpha value is -2.27. The van der Waals surface area contributed by atoms with Gasteiger partial charge in [-0.05, 0) is 37.6 Å². The normalized spacial score (nSPS) is 12.0. The van der Waals surface area contributed by atoms with Crippen molar-refractivity contribution < 1.29 is 14.3 Å². The molecule has 112 valence electrons. The minimum Gasteiger partial charge on any atom is -0.469 e. The number of nitrogens with zero attached hydrogens (tertiary/aromatic N) is 1. The topological polar surface area (TPSA) is 65.7 Å². The minimum absolute atomic E-state index is 0.194. The number of anilines is 1. The van der Waals surface area contributed by atoms with Crippen LogP contribution in [-0.2, 0) is 6.54 Å². The molecule has 0 saturated heterocycles. The third-order valence-corrected chi connectivity index (χ3v) is 3.36. The van der Waals surface area contributed by atoms with Crippen molar-refractivity contribution in [1.82, 2.24) is 4.90 Å². The molecule has 0 aliphatic rings. The lowest BCUT2D eigenvalue weighted by atomic mass is 10.1. The van der Waals surface area contributed by atoms with Crippen LogP contribution in [0.1, 0.15) is 29.9 Å². The van der Waals surface area contributed by atoms with Gasteiger partial charge in [-0.2, -0.15) is 0 Å². The maximum Gasteiger partial charge on any atom is 0.321 e. The van der Waals surface area contributed by atoms with Crippen molar-refractivity contribution in [2.24, 2.45) is 0 Å². The van der Waals surface area contributed by atoms with Crippen LogP contribution >= 0.6 is 0 Å². The van der Waals surface area contributed by atoms with E-state index in [0.29, 0.717) is 12.2 Å². The fourth-order valence-electron chi connectivity index (χ4n) is 1.97. The van der Waals surface area contributed by atoms with Gasteiger partial charge in [0.2, 0.25) is 0 Å². The van der Waals surface area contributed by atoms with Gasteiger partial charge in [-0.3, -0.25) is 0 Å².